The van der Waals surface area contributed by atoms with Crippen molar-refractivity contribution in [2.75, 3.05) is 13.7 Å². The summed E-state index contributed by atoms with van der Waals surface area (Å²) < 4.78 is 4.88. The van der Waals surface area contributed by atoms with Crippen LogP contribution in [0.1, 0.15) is 22.8 Å². The molecule has 2 N–H and O–H groups in total. The van der Waals surface area contributed by atoms with Gasteiger partial charge in [0, 0.05) is 13.7 Å². The average molecular weight is 251 g/mol. The number of carboxylic acids is 1. The fourth-order valence-electron chi connectivity index (χ4n) is 1.39. The quantitative estimate of drug-likeness (QED) is 0.793. The number of rotatable bonds is 6. The molecule has 1 aromatic rings. The van der Waals surface area contributed by atoms with Gasteiger partial charge < -0.3 is 15.2 Å². The smallest absolute Gasteiger partial charge is 0.335 e. The van der Waals surface area contributed by atoms with Crippen molar-refractivity contribution >= 4 is 11.9 Å². The number of benzene rings is 1. The average Bonchev–Trinajstić information content (AvgIpc) is 2.38. The maximum absolute atomic E-state index is 11.4. The second-order valence-electron chi connectivity index (χ2n) is 3.92. The van der Waals surface area contributed by atoms with E-state index in [1.54, 1.807) is 31.2 Å². The van der Waals surface area contributed by atoms with Crippen LogP contribution in [-0.4, -0.2) is 36.7 Å². The zero-order chi connectivity index (χ0) is 13.5. The standard InChI is InChI=1S/C13H17NO4/c1-9(18-2)12(15)14-8-7-10-3-5-11(6-4-10)13(16)17/h3-6,9H,7-8H2,1-2H3,(H,14,15)(H,16,17). The Labute approximate surface area is 106 Å². The van der Waals surface area contributed by atoms with E-state index in [1.807, 2.05) is 0 Å². The molecule has 0 saturated heterocycles. The normalized spacial score (nSPS) is 11.9. The molecule has 5 heteroatoms. The molecule has 1 aromatic carbocycles. The Kier molecular flexibility index (Phi) is 5.32. The lowest BCUT2D eigenvalue weighted by atomic mass is 10.1. The molecule has 0 spiro atoms. The molecule has 18 heavy (non-hydrogen) atoms. The van der Waals surface area contributed by atoms with Gasteiger partial charge in [-0.25, -0.2) is 4.79 Å². The molecule has 1 rings (SSSR count). The number of carbonyl (C=O) groups excluding carboxylic acids is 1. The zero-order valence-corrected chi connectivity index (χ0v) is 10.5. The summed E-state index contributed by atoms with van der Waals surface area (Å²) in [5.41, 5.74) is 1.24. The lowest BCUT2D eigenvalue weighted by Crippen LogP contribution is -2.35. The van der Waals surface area contributed by atoms with Gasteiger partial charge in [-0.3, -0.25) is 4.79 Å². The van der Waals surface area contributed by atoms with Crippen molar-refractivity contribution < 1.29 is 19.4 Å². The van der Waals surface area contributed by atoms with Crippen molar-refractivity contribution in [2.45, 2.75) is 19.4 Å². The van der Waals surface area contributed by atoms with E-state index in [1.165, 1.54) is 7.11 Å². The van der Waals surface area contributed by atoms with Gasteiger partial charge in [0.15, 0.2) is 0 Å². The second kappa shape index (κ2) is 6.76. The number of methoxy groups -OCH3 is 1. The molecule has 0 aliphatic rings. The van der Waals surface area contributed by atoms with Gasteiger partial charge in [-0.15, -0.1) is 0 Å². The summed E-state index contributed by atoms with van der Waals surface area (Å²) in [5.74, 6) is -1.09. The van der Waals surface area contributed by atoms with E-state index < -0.39 is 12.1 Å². The van der Waals surface area contributed by atoms with E-state index in [0.29, 0.717) is 13.0 Å². The minimum absolute atomic E-state index is 0.153. The van der Waals surface area contributed by atoms with Crippen molar-refractivity contribution in [3.05, 3.63) is 35.4 Å². The molecule has 98 valence electrons. The Morgan fingerprint density at radius 1 is 1.33 bits per heavy atom. The largest absolute Gasteiger partial charge is 0.478 e. The number of hydrogen-bond donors (Lipinski definition) is 2. The van der Waals surface area contributed by atoms with Crippen LogP contribution in [0.2, 0.25) is 0 Å². The fourth-order valence-corrected chi connectivity index (χ4v) is 1.39. The van der Waals surface area contributed by atoms with Gasteiger partial charge in [0.2, 0.25) is 5.91 Å². The molecule has 1 atom stereocenters. The van der Waals surface area contributed by atoms with Crippen molar-refractivity contribution in [3.8, 4) is 0 Å². The Balaban J connectivity index is 2.40. The van der Waals surface area contributed by atoms with E-state index in [2.05, 4.69) is 5.32 Å². The van der Waals surface area contributed by atoms with E-state index in [0.717, 1.165) is 5.56 Å². The SMILES string of the molecule is COC(C)C(=O)NCCc1ccc(C(=O)O)cc1. The maximum Gasteiger partial charge on any atom is 0.335 e. The summed E-state index contributed by atoms with van der Waals surface area (Å²) in [7, 11) is 1.48. The fraction of sp³-hybridized carbons (Fsp3) is 0.385. The van der Waals surface area contributed by atoms with Gasteiger partial charge in [-0.2, -0.15) is 0 Å². The lowest BCUT2D eigenvalue weighted by Gasteiger charge is -2.10. The molecule has 0 aromatic heterocycles. The van der Waals surface area contributed by atoms with E-state index in [-0.39, 0.29) is 11.5 Å². The van der Waals surface area contributed by atoms with Gasteiger partial charge in [0.25, 0.3) is 0 Å². The van der Waals surface area contributed by atoms with Crippen molar-refractivity contribution in [1.82, 2.24) is 5.32 Å². The van der Waals surface area contributed by atoms with Crippen LogP contribution >= 0.6 is 0 Å². The van der Waals surface area contributed by atoms with Gasteiger partial charge >= 0.3 is 5.97 Å². The number of ether oxygens (including phenoxy) is 1. The topological polar surface area (TPSA) is 75.6 Å². The first-order valence-corrected chi connectivity index (χ1v) is 5.67. The highest BCUT2D eigenvalue weighted by Crippen LogP contribution is 2.04. The molecule has 1 unspecified atom stereocenters. The molecule has 0 heterocycles. The first-order chi connectivity index (χ1) is 8.54. The zero-order valence-electron chi connectivity index (χ0n) is 10.5. The van der Waals surface area contributed by atoms with Crippen LogP contribution in [0.15, 0.2) is 24.3 Å². The predicted molar refractivity (Wildman–Crippen MR) is 66.6 cm³/mol. The van der Waals surface area contributed by atoms with Gasteiger partial charge in [-0.1, -0.05) is 12.1 Å². The van der Waals surface area contributed by atoms with E-state index in [9.17, 15) is 9.59 Å². The monoisotopic (exact) mass is 251 g/mol. The molecular weight excluding hydrogens is 234 g/mol. The summed E-state index contributed by atoms with van der Waals surface area (Å²) in [4.78, 5) is 22.0. The first-order valence-electron chi connectivity index (χ1n) is 5.67. The highest BCUT2D eigenvalue weighted by Gasteiger charge is 2.10. The summed E-state index contributed by atoms with van der Waals surface area (Å²) in [6.45, 7) is 2.18. The molecular formula is C13H17NO4. The Bertz CT molecular complexity index is 414. The Morgan fingerprint density at radius 2 is 1.94 bits per heavy atom. The molecule has 0 radical (unpaired) electrons. The third-order valence-electron chi connectivity index (χ3n) is 2.64. The lowest BCUT2D eigenvalue weighted by molar-refractivity contribution is -0.129. The number of carbonyl (C=O) groups is 2. The van der Waals surface area contributed by atoms with E-state index in [4.69, 9.17) is 9.84 Å². The van der Waals surface area contributed by atoms with Crippen molar-refractivity contribution in [2.24, 2.45) is 0 Å². The highest BCUT2D eigenvalue weighted by molar-refractivity contribution is 5.87. The van der Waals surface area contributed by atoms with Crippen LogP contribution < -0.4 is 5.32 Å². The first kappa shape index (κ1) is 14.2. The minimum Gasteiger partial charge on any atom is -0.478 e. The molecule has 0 bridgehead atoms. The second-order valence-corrected chi connectivity index (χ2v) is 3.92. The number of hydrogen-bond acceptors (Lipinski definition) is 3. The molecule has 0 fully saturated rings. The van der Waals surface area contributed by atoms with Crippen LogP contribution in [0.4, 0.5) is 0 Å². The van der Waals surface area contributed by atoms with Crippen molar-refractivity contribution in [1.29, 1.82) is 0 Å². The molecule has 0 aliphatic heterocycles. The molecule has 0 saturated carbocycles. The van der Waals surface area contributed by atoms with Crippen LogP contribution in [0.3, 0.4) is 0 Å². The van der Waals surface area contributed by atoms with Gasteiger partial charge in [-0.05, 0) is 31.0 Å². The summed E-state index contributed by atoms with van der Waals surface area (Å²) in [5, 5.41) is 11.5. The third kappa shape index (κ3) is 4.18. The number of amides is 1. The number of aromatic carboxylic acids is 1. The summed E-state index contributed by atoms with van der Waals surface area (Å²) in [6, 6.07) is 6.60. The predicted octanol–water partition coefficient (Wildman–Crippen LogP) is 1.08. The highest BCUT2D eigenvalue weighted by atomic mass is 16.5. The Morgan fingerprint density at radius 3 is 2.44 bits per heavy atom. The van der Waals surface area contributed by atoms with Crippen LogP contribution in [-0.2, 0) is 16.0 Å². The van der Waals surface area contributed by atoms with Crippen molar-refractivity contribution in [3.63, 3.8) is 0 Å². The van der Waals surface area contributed by atoms with Crippen LogP contribution in [0.25, 0.3) is 0 Å². The number of nitrogens with one attached hydrogen (secondary N) is 1. The van der Waals surface area contributed by atoms with Crippen LogP contribution in [0, 0.1) is 0 Å². The van der Waals surface area contributed by atoms with Gasteiger partial charge in [0.1, 0.15) is 6.10 Å². The Hall–Kier alpha value is -1.88. The molecule has 5 nitrogen and oxygen atoms in total. The molecule has 0 aliphatic carbocycles. The van der Waals surface area contributed by atoms with Gasteiger partial charge in [0.05, 0.1) is 5.56 Å². The van der Waals surface area contributed by atoms with E-state index >= 15 is 0 Å². The molecule has 1 amide bonds. The number of carboxylic acid groups (broad SMARTS) is 1. The summed E-state index contributed by atoms with van der Waals surface area (Å²) >= 11 is 0. The van der Waals surface area contributed by atoms with Crippen LogP contribution in [0.5, 0.6) is 0 Å². The third-order valence-corrected chi connectivity index (χ3v) is 2.64. The summed E-state index contributed by atoms with van der Waals surface area (Å²) in [6.07, 6.45) is 0.196. The maximum atomic E-state index is 11.4. The minimum atomic E-state index is -0.941.